The van der Waals surface area contributed by atoms with Crippen molar-refractivity contribution in [2.75, 3.05) is 62.8 Å². The van der Waals surface area contributed by atoms with Crippen LogP contribution in [0.2, 0.25) is 0 Å². The third kappa shape index (κ3) is 6.13. The smallest absolute Gasteiger partial charge is 0.370 e. The molecule has 0 amide bonds. The Morgan fingerprint density at radius 3 is 2.34 bits per heavy atom. The summed E-state index contributed by atoms with van der Waals surface area (Å²) < 4.78 is 84.0. The highest BCUT2D eigenvalue weighted by molar-refractivity contribution is 7.88. The van der Waals surface area contributed by atoms with Gasteiger partial charge in [0.2, 0.25) is 16.0 Å². The first-order valence-electron chi connectivity index (χ1n) is 14.7. The third-order valence-corrected chi connectivity index (χ3v) is 10.4. The van der Waals surface area contributed by atoms with Gasteiger partial charge in [-0.15, -0.1) is 0 Å². The molecule has 10 nitrogen and oxygen atoms in total. The number of rotatable bonds is 6. The monoisotopic (exact) mass is 636 g/mol. The number of alkyl halides is 3. The molecular formula is C29H36F4N8O2S. The Balaban J connectivity index is 1.22. The van der Waals surface area contributed by atoms with Gasteiger partial charge in [-0.1, -0.05) is 0 Å². The molecule has 1 aromatic carbocycles. The molecule has 3 saturated heterocycles. The largest absolute Gasteiger partial charge is 0.420 e. The molecule has 0 bridgehead atoms. The van der Waals surface area contributed by atoms with Crippen LogP contribution in [0.5, 0.6) is 0 Å². The minimum absolute atomic E-state index is 0.0227. The highest BCUT2D eigenvalue weighted by Gasteiger charge is 2.44. The maximum atomic E-state index is 15.5. The van der Waals surface area contributed by atoms with Gasteiger partial charge in [0.15, 0.2) is 0 Å². The molecule has 3 aliphatic heterocycles. The Morgan fingerprint density at radius 1 is 1.05 bits per heavy atom. The molecule has 3 aromatic rings. The summed E-state index contributed by atoms with van der Waals surface area (Å²) in [4.78, 5) is 16.9. The van der Waals surface area contributed by atoms with E-state index in [9.17, 15) is 21.6 Å². The van der Waals surface area contributed by atoms with Crippen molar-refractivity contribution < 1.29 is 26.0 Å². The minimum Gasteiger partial charge on any atom is -0.370 e. The summed E-state index contributed by atoms with van der Waals surface area (Å²) in [6.07, 6.45) is 1.62. The van der Waals surface area contributed by atoms with E-state index in [1.165, 1.54) is 21.1 Å². The molecule has 5 heterocycles. The predicted molar refractivity (Wildman–Crippen MR) is 159 cm³/mol. The Bertz CT molecular complexity index is 1640. The zero-order valence-corrected chi connectivity index (χ0v) is 25.7. The van der Waals surface area contributed by atoms with E-state index in [1.807, 2.05) is 6.07 Å². The highest BCUT2D eigenvalue weighted by Crippen LogP contribution is 2.43. The molecule has 3 fully saturated rings. The van der Waals surface area contributed by atoms with Gasteiger partial charge in [0.05, 0.1) is 11.9 Å². The fraction of sp³-hybridized carbons (Fsp3) is 0.552. The average molecular weight is 637 g/mol. The lowest BCUT2D eigenvalue weighted by atomic mass is 9.72. The van der Waals surface area contributed by atoms with Crippen LogP contribution < -0.4 is 10.2 Å². The summed E-state index contributed by atoms with van der Waals surface area (Å²) in [6, 6.07) is 4.72. The molecule has 0 aliphatic carbocycles. The lowest BCUT2D eigenvalue weighted by Crippen LogP contribution is -2.60. The van der Waals surface area contributed by atoms with Crippen LogP contribution in [-0.2, 0) is 16.2 Å². The second-order valence-corrected chi connectivity index (χ2v) is 14.4. The summed E-state index contributed by atoms with van der Waals surface area (Å²) >= 11 is 0. The van der Waals surface area contributed by atoms with Gasteiger partial charge in [0.25, 0.3) is 0 Å². The van der Waals surface area contributed by atoms with E-state index >= 15 is 4.39 Å². The predicted octanol–water partition coefficient (Wildman–Crippen LogP) is 4.16. The number of likely N-dealkylation sites (tertiary alicyclic amines) is 1. The lowest BCUT2D eigenvalue weighted by Gasteiger charge is -2.54. The topological polar surface area (TPSA) is 99.5 Å². The van der Waals surface area contributed by atoms with Crippen LogP contribution in [0.25, 0.3) is 17.1 Å². The zero-order chi connectivity index (χ0) is 31.4. The van der Waals surface area contributed by atoms with E-state index in [0.29, 0.717) is 24.9 Å². The standard InChI is InChI=1S/C29H36F4N8O2S/c1-19-35-24(16-41(19)25-5-4-21(14-23(25)30)39-17-28(18-39)8-12-38(2)13-9-28)26-22(29(31,32)33)15-34-27(37-26)36-20-6-10-40(11-7-20)44(3,42)43/h4-5,14-16,20H,6-13,17-18H2,1-3H3,(H,34,36,37). The van der Waals surface area contributed by atoms with Gasteiger partial charge in [0, 0.05) is 55.7 Å². The molecule has 0 unspecified atom stereocenters. The van der Waals surface area contributed by atoms with Crippen LogP contribution in [0, 0.1) is 18.2 Å². The molecule has 6 rings (SSSR count). The van der Waals surface area contributed by atoms with E-state index in [0.717, 1.165) is 51.0 Å². The van der Waals surface area contributed by atoms with Gasteiger partial charge >= 0.3 is 6.18 Å². The fourth-order valence-corrected chi connectivity index (χ4v) is 7.32. The molecule has 0 atom stereocenters. The van der Waals surface area contributed by atoms with Crippen molar-refractivity contribution in [2.45, 2.75) is 44.8 Å². The SMILES string of the molecule is Cc1nc(-c2nc(NC3CCN(S(C)(=O)=O)CC3)ncc2C(F)(F)F)cn1-c1ccc(N2CC3(CCN(C)CC3)C2)cc1F. The van der Waals surface area contributed by atoms with Crippen LogP contribution in [0.15, 0.2) is 30.6 Å². The number of benzene rings is 1. The van der Waals surface area contributed by atoms with E-state index in [2.05, 4.69) is 37.1 Å². The maximum Gasteiger partial charge on any atom is 0.420 e. The molecule has 15 heteroatoms. The molecule has 44 heavy (non-hydrogen) atoms. The molecule has 238 valence electrons. The fourth-order valence-electron chi connectivity index (χ4n) is 6.44. The Kier molecular flexibility index (Phi) is 7.85. The van der Waals surface area contributed by atoms with Crippen LogP contribution >= 0.6 is 0 Å². The van der Waals surface area contributed by atoms with Crippen molar-refractivity contribution in [1.29, 1.82) is 0 Å². The second kappa shape index (κ2) is 11.2. The number of nitrogens with zero attached hydrogens (tertiary/aromatic N) is 7. The zero-order valence-electron chi connectivity index (χ0n) is 24.9. The number of hydrogen-bond donors (Lipinski definition) is 1. The van der Waals surface area contributed by atoms with Crippen LogP contribution in [0.1, 0.15) is 37.1 Å². The Morgan fingerprint density at radius 2 is 1.73 bits per heavy atom. The maximum absolute atomic E-state index is 15.5. The number of anilines is 2. The van der Waals surface area contributed by atoms with Crippen LogP contribution in [0.4, 0.5) is 29.2 Å². The summed E-state index contributed by atoms with van der Waals surface area (Å²) in [7, 11) is -1.19. The summed E-state index contributed by atoms with van der Waals surface area (Å²) in [5.74, 6) is -0.221. The molecule has 3 aliphatic rings. The van der Waals surface area contributed by atoms with Crippen molar-refractivity contribution >= 4 is 21.7 Å². The normalized spacial score (nSPS) is 20.2. The number of aromatic nitrogens is 4. The van der Waals surface area contributed by atoms with Gasteiger partial charge in [0.1, 0.15) is 28.6 Å². The quantitative estimate of drug-likeness (QED) is 0.403. The molecular weight excluding hydrogens is 600 g/mol. The minimum atomic E-state index is -4.75. The summed E-state index contributed by atoms with van der Waals surface area (Å²) in [5.41, 5.74) is -0.308. The number of sulfonamides is 1. The first-order chi connectivity index (χ1) is 20.7. The van der Waals surface area contributed by atoms with E-state index < -0.39 is 33.3 Å². The third-order valence-electron chi connectivity index (χ3n) is 9.13. The van der Waals surface area contributed by atoms with Crippen molar-refractivity contribution in [3.63, 3.8) is 0 Å². The first-order valence-corrected chi connectivity index (χ1v) is 16.5. The van der Waals surface area contributed by atoms with Gasteiger partial charge in [-0.2, -0.15) is 13.2 Å². The Labute approximate surface area is 254 Å². The van der Waals surface area contributed by atoms with E-state index in [-0.39, 0.29) is 41.9 Å². The summed E-state index contributed by atoms with van der Waals surface area (Å²) in [6.45, 7) is 6.06. The van der Waals surface area contributed by atoms with Gasteiger partial charge < -0.3 is 19.7 Å². The van der Waals surface area contributed by atoms with Crippen molar-refractivity contribution in [3.8, 4) is 17.1 Å². The molecule has 0 radical (unpaired) electrons. The molecule has 0 saturated carbocycles. The number of imidazole rings is 1. The van der Waals surface area contributed by atoms with E-state index in [1.54, 1.807) is 13.0 Å². The number of nitrogens with one attached hydrogen (secondary N) is 1. The van der Waals surface area contributed by atoms with E-state index in [4.69, 9.17) is 0 Å². The highest BCUT2D eigenvalue weighted by atomic mass is 32.2. The van der Waals surface area contributed by atoms with Crippen molar-refractivity contribution in [3.05, 3.63) is 47.8 Å². The lowest BCUT2D eigenvalue weighted by molar-refractivity contribution is -0.137. The average Bonchev–Trinajstić information content (AvgIpc) is 3.32. The van der Waals surface area contributed by atoms with Gasteiger partial charge in [-0.3, -0.25) is 0 Å². The van der Waals surface area contributed by atoms with Crippen LogP contribution in [0.3, 0.4) is 0 Å². The second-order valence-electron chi connectivity index (χ2n) is 12.4. The number of aryl methyl sites for hydroxylation is 1. The molecule has 2 aromatic heterocycles. The number of halogens is 4. The first kappa shape index (κ1) is 30.7. The van der Waals surface area contributed by atoms with Crippen molar-refractivity contribution in [1.82, 2.24) is 28.7 Å². The number of piperidine rings is 2. The van der Waals surface area contributed by atoms with Crippen molar-refractivity contribution in [2.24, 2.45) is 5.41 Å². The van der Waals surface area contributed by atoms with Gasteiger partial charge in [-0.05, 0) is 70.9 Å². The van der Waals surface area contributed by atoms with Gasteiger partial charge in [-0.25, -0.2) is 32.1 Å². The summed E-state index contributed by atoms with van der Waals surface area (Å²) in [5, 5.41) is 3.04. The Hall–Kier alpha value is -3.30. The van der Waals surface area contributed by atoms with Crippen LogP contribution in [-0.4, -0.2) is 95.8 Å². The molecule has 1 N–H and O–H groups in total. The molecule has 1 spiro atoms. The number of hydrogen-bond acceptors (Lipinski definition) is 8.